The molecule has 2 amide bonds. The number of hydrogen-bond acceptors (Lipinski definition) is 6. The molecule has 0 aliphatic rings. The summed E-state index contributed by atoms with van der Waals surface area (Å²) in [4.78, 5) is 29.8. The summed E-state index contributed by atoms with van der Waals surface area (Å²) >= 11 is 6.27. The Morgan fingerprint density at radius 2 is 1.74 bits per heavy atom. The summed E-state index contributed by atoms with van der Waals surface area (Å²) < 4.78 is 8.08. The molecule has 0 bridgehead atoms. The number of amides is 2. The number of aromatic nitrogens is 1. The van der Waals surface area contributed by atoms with E-state index in [4.69, 9.17) is 4.74 Å². The Morgan fingerprint density at radius 3 is 2.44 bits per heavy atom. The molecule has 34 heavy (non-hydrogen) atoms. The maximum absolute atomic E-state index is 12.6. The lowest BCUT2D eigenvalue weighted by atomic mass is 10.2. The Hall–Kier alpha value is -2.88. The van der Waals surface area contributed by atoms with Crippen LogP contribution in [-0.4, -0.2) is 28.7 Å². The second-order valence-corrected chi connectivity index (χ2v) is 10.9. The predicted octanol–water partition coefficient (Wildman–Crippen LogP) is 6.83. The van der Waals surface area contributed by atoms with Gasteiger partial charge in [0.2, 0.25) is 5.91 Å². The Bertz CT molecular complexity index is 1310. The van der Waals surface area contributed by atoms with E-state index in [1.807, 2.05) is 68.4 Å². The number of ether oxygens (including phenoxy) is 1. The fraction of sp³-hybridized carbons (Fsp3) is 0.160. The second kappa shape index (κ2) is 11.0. The van der Waals surface area contributed by atoms with Crippen molar-refractivity contribution in [3.05, 3.63) is 76.8 Å². The van der Waals surface area contributed by atoms with E-state index in [0.717, 1.165) is 30.5 Å². The number of nitrogens with zero attached hydrogens (tertiary/aromatic N) is 1. The number of fused-ring (bicyclic) bond motifs is 1. The molecule has 6 nitrogen and oxygen atoms in total. The van der Waals surface area contributed by atoms with Crippen LogP contribution in [0.3, 0.4) is 0 Å². The quantitative estimate of drug-likeness (QED) is 0.233. The zero-order valence-electron chi connectivity index (χ0n) is 18.5. The van der Waals surface area contributed by atoms with Crippen molar-refractivity contribution in [2.45, 2.75) is 23.4 Å². The van der Waals surface area contributed by atoms with E-state index < -0.39 is 0 Å². The molecule has 0 spiro atoms. The number of rotatable bonds is 8. The molecule has 1 heterocycles. The SMILES string of the molecule is CCOc1ccc(NC(=O)C(C)Sc2nc3ccc(NC(=O)c4ccc(Br)cc4)cc3s2)cc1. The molecule has 0 fully saturated rings. The summed E-state index contributed by atoms with van der Waals surface area (Å²) in [5, 5.41) is 5.52. The van der Waals surface area contributed by atoms with E-state index in [-0.39, 0.29) is 17.1 Å². The largest absolute Gasteiger partial charge is 0.494 e. The molecule has 174 valence electrons. The van der Waals surface area contributed by atoms with Gasteiger partial charge in [-0.3, -0.25) is 9.59 Å². The average Bonchev–Trinajstić information content (AvgIpc) is 3.22. The van der Waals surface area contributed by atoms with Crippen LogP contribution in [0.2, 0.25) is 0 Å². The van der Waals surface area contributed by atoms with E-state index in [9.17, 15) is 9.59 Å². The fourth-order valence-electron chi connectivity index (χ4n) is 3.09. The van der Waals surface area contributed by atoms with Crippen LogP contribution < -0.4 is 15.4 Å². The van der Waals surface area contributed by atoms with Gasteiger partial charge in [-0.1, -0.05) is 27.7 Å². The molecule has 0 saturated carbocycles. The maximum Gasteiger partial charge on any atom is 0.255 e. The molecule has 4 rings (SSSR count). The Balaban J connectivity index is 1.38. The van der Waals surface area contributed by atoms with Crippen LogP contribution in [0.1, 0.15) is 24.2 Å². The van der Waals surface area contributed by atoms with Crippen molar-refractivity contribution in [3.63, 3.8) is 0 Å². The number of hydrogen-bond donors (Lipinski definition) is 2. The molecule has 1 atom stereocenters. The van der Waals surface area contributed by atoms with Crippen LogP contribution in [-0.2, 0) is 4.79 Å². The molecule has 4 aromatic rings. The summed E-state index contributed by atoms with van der Waals surface area (Å²) in [6, 6.07) is 20.1. The highest BCUT2D eigenvalue weighted by molar-refractivity contribution is 9.10. The molecule has 0 radical (unpaired) electrons. The van der Waals surface area contributed by atoms with Gasteiger partial charge in [0.15, 0.2) is 4.34 Å². The summed E-state index contributed by atoms with van der Waals surface area (Å²) in [5.41, 5.74) is 2.82. The van der Waals surface area contributed by atoms with Gasteiger partial charge in [-0.2, -0.15) is 0 Å². The zero-order valence-corrected chi connectivity index (χ0v) is 21.7. The minimum absolute atomic E-state index is 0.101. The lowest BCUT2D eigenvalue weighted by Crippen LogP contribution is -2.22. The highest BCUT2D eigenvalue weighted by Crippen LogP contribution is 2.34. The molecule has 1 unspecified atom stereocenters. The summed E-state index contributed by atoms with van der Waals surface area (Å²) in [6.45, 7) is 4.38. The standard InChI is InChI=1S/C25H22BrN3O3S2/c1-3-32-20-11-8-18(9-12-20)27-23(30)15(2)33-25-29-21-13-10-19(14-22(21)34-25)28-24(31)16-4-6-17(26)7-5-16/h4-15H,3H2,1-2H3,(H,27,30)(H,28,31). The number of halogens is 1. The second-order valence-electron chi connectivity index (χ2n) is 7.33. The fourth-order valence-corrected chi connectivity index (χ4v) is 5.60. The van der Waals surface area contributed by atoms with Gasteiger partial charge in [-0.15, -0.1) is 11.3 Å². The monoisotopic (exact) mass is 555 g/mol. The Labute approximate surface area is 214 Å². The van der Waals surface area contributed by atoms with Crippen LogP contribution in [0, 0.1) is 0 Å². The van der Waals surface area contributed by atoms with Gasteiger partial charge in [-0.25, -0.2) is 4.98 Å². The van der Waals surface area contributed by atoms with Crippen LogP contribution in [0.4, 0.5) is 11.4 Å². The van der Waals surface area contributed by atoms with Gasteiger partial charge in [0, 0.05) is 21.4 Å². The van der Waals surface area contributed by atoms with Crippen molar-refractivity contribution in [1.82, 2.24) is 4.98 Å². The van der Waals surface area contributed by atoms with Gasteiger partial charge < -0.3 is 15.4 Å². The normalized spacial score (nSPS) is 11.7. The van der Waals surface area contributed by atoms with Crippen molar-refractivity contribution in [2.75, 3.05) is 17.2 Å². The van der Waals surface area contributed by atoms with Crippen molar-refractivity contribution in [3.8, 4) is 5.75 Å². The first-order valence-electron chi connectivity index (χ1n) is 10.6. The number of anilines is 2. The van der Waals surface area contributed by atoms with E-state index in [0.29, 0.717) is 17.9 Å². The molecule has 0 aliphatic heterocycles. The van der Waals surface area contributed by atoms with Crippen LogP contribution >= 0.6 is 39.0 Å². The first kappa shape index (κ1) is 24.3. The Kier molecular flexibility index (Phi) is 7.87. The molecule has 1 aromatic heterocycles. The Morgan fingerprint density at radius 1 is 1.03 bits per heavy atom. The van der Waals surface area contributed by atoms with Gasteiger partial charge in [0.1, 0.15) is 5.75 Å². The van der Waals surface area contributed by atoms with Crippen molar-refractivity contribution >= 4 is 72.4 Å². The molecule has 2 N–H and O–H groups in total. The lowest BCUT2D eigenvalue weighted by Gasteiger charge is -2.11. The average molecular weight is 557 g/mol. The first-order valence-corrected chi connectivity index (χ1v) is 13.1. The van der Waals surface area contributed by atoms with E-state index >= 15 is 0 Å². The number of thiazole rings is 1. The number of benzene rings is 3. The van der Waals surface area contributed by atoms with Crippen molar-refractivity contribution in [2.24, 2.45) is 0 Å². The molecule has 9 heteroatoms. The van der Waals surface area contributed by atoms with Crippen LogP contribution in [0.25, 0.3) is 10.2 Å². The number of nitrogens with one attached hydrogen (secondary N) is 2. The van der Waals surface area contributed by atoms with Crippen LogP contribution in [0.15, 0.2) is 75.5 Å². The zero-order chi connectivity index (χ0) is 24.1. The van der Waals surface area contributed by atoms with Crippen molar-refractivity contribution in [1.29, 1.82) is 0 Å². The maximum atomic E-state index is 12.6. The number of carbonyl (C=O) groups excluding carboxylic acids is 2. The number of thioether (sulfide) groups is 1. The molecule has 3 aromatic carbocycles. The molecular weight excluding hydrogens is 534 g/mol. The third kappa shape index (κ3) is 6.16. The number of carbonyl (C=O) groups is 2. The predicted molar refractivity (Wildman–Crippen MR) is 143 cm³/mol. The summed E-state index contributed by atoms with van der Waals surface area (Å²) in [5.74, 6) is 0.492. The summed E-state index contributed by atoms with van der Waals surface area (Å²) in [6.07, 6.45) is 0. The van der Waals surface area contributed by atoms with Gasteiger partial charge in [0.05, 0.1) is 22.1 Å². The third-order valence-corrected chi connectivity index (χ3v) is 7.55. The van der Waals surface area contributed by atoms with Crippen molar-refractivity contribution < 1.29 is 14.3 Å². The summed E-state index contributed by atoms with van der Waals surface area (Å²) in [7, 11) is 0. The minimum atomic E-state index is -0.330. The van der Waals surface area contributed by atoms with E-state index in [1.54, 1.807) is 12.1 Å². The first-order chi connectivity index (χ1) is 16.4. The highest BCUT2D eigenvalue weighted by atomic mass is 79.9. The van der Waals surface area contributed by atoms with E-state index in [2.05, 4.69) is 31.5 Å². The molecule has 0 saturated heterocycles. The lowest BCUT2D eigenvalue weighted by molar-refractivity contribution is -0.115. The highest BCUT2D eigenvalue weighted by Gasteiger charge is 2.17. The van der Waals surface area contributed by atoms with E-state index in [1.165, 1.54) is 23.1 Å². The minimum Gasteiger partial charge on any atom is -0.494 e. The third-order valence-electron chi connectivity index (χ3n) is 4.81. The van der Waals surface area contributed by atoms with Gasteiger partial charge in [-0.05, 0) is 80.6 Å². The molecule has 0 aliphatic carbocycles. The smallest absolute Gasteiger partial charge is 0.255 e. The topological polar surface area (TPSA) is 80.3 Å². The molecular formula is C25H22BrN3O3S2. The van der Waals surface area contributed by atoms with Crippen LogP contribution in [0.5, 0.6) is 5.75 Å². The van der Waals surface area contributed by atoms with Gasteiger partial charge >= 0.3 is 0 Å². The van der Waals surface area contributed by atoms with Gasteiger partial charge in [0.25, 0.3) is 5.91 Å².